The number of hydrogen-bond donors (Lipinski definition) is 1. The minimum absolute atomic E-state index is 0.0729. The minimum Gasteiger partial charge on any atom is -0.772 e. The molecule has 0 aliphatic rings. The van der Waals surface area contributed by atoms with Crippen LogP contribution in [0.4, 0.5) is 0 Å². The van der Waals surface area contributed by atoms with Gasteiger partial charge in [-0.2, -0.15) is 15.4 Å². The highest BCUT2D eigenvalue weighted by Gasteiger charge is 1.92. The van der Waals surface area contributed by atoms with Crippen LogP contribution in [0.15, 0.2) is 6.20 Å². The zero-order valence-corrected chi connectivity index (χ0v) is 5.22. The number of nitrogens with zero attached hydrogens (tertiary/aromatic N) is 2. The molecule has 1 unspecified atom stereocenters. The number of nitrogens with one attached hydrogen (secondary N) is 1. The summed E-state index contributed by atoms with van der Waals surface area (Å²) in [4.78, 5) is 0. The molecule has 1 heterocycles. The Hall–Kier alpha value is -0.750. The number of hydrogen-bond acceptors (Lipinski definition) is 4. The maximum atomic E-state index is 9.98. The van der Waals surface area contributed by atoms with Crippen LogP contribution < -0.4 is 0 Å². The Balaban J connectivity index is 2.58. The van der Waals surface area contributed by atoms with Gasteiger partial charge in [0.1, 0.15) is 0 Å². The van der Waals surface area contributed by atoms with Crippen LogP contribution in [-0.4, -0.2) is 24.2 Å². The lowest BCUT2D eigenvalue weighted by Gasteiger charge is -1.98. The monoisotopic (exact) mass is 146 g/mol. The lowest BCUT2D eigenvalue weighted by atomic mass is 10.6. The van der Waals surface area contributed by atoms with Crippen molar-refractivity contribution in [1.82, 2.24) is 15.4 Å². The Morgan fingerprint density at radius 2 is 2.67 bits per heavy atom. The second-order valence-corrected chi connectivity index (χ2v) is 2.31. The molecule has 5 nitrogen and oxygen atoms in total. The minimum atomic E-state index is -2.07. The van der Waals surface area contributed by atoms with E-state index in [0.717, 1.165) is 0 Å². The van der Waals surface area contributed by atoms with E-state index in [9.17, 15) is 8.76 Å². The van der Waals surface area contributed by atoms with Gasteiger partial charge in [-0.15, -0.1) is 0 Å². The lowest BCUT2D eigenvalue weighted by molar-refractivity contribution is 0.535. The Labute approximate surface area is 53.8 Å². The molecule has 0 amide bonds. The smallest absolute Gasteiger partial charge is 0.0937 e. The van der Waals surface area contributed by atoms with Gasteiger partial charge in [0.25, 0.3) is 0 Å². The third-order valence-electron chi connectivity index (χ3n) is 0.731. The molecule has 1 N–H and O–H groups in total. The molecule has 1 atom stereocenters. The third kappa shape index (κ3) is 1.90. The maximum Gasteiger partial charge on any atom is 0.0937 e. The normalized spacial score (nSPS) is 13.4. The molecule has 0 aromatic carbocycles. The molecule has 1 aromatic rings. The van der Waals surface area contributed by atoms with Crippen LogP contribution in [0.3, 0.4) is 0 Å². The highest BCUT2D eigenvalue weighted by molar-refractivity contribution is 7.78. The van der Waals surface area contributed by atoms with Gasteiger partial charge in [-0.3, -0.25) is 4.21 Å². The van der Waals surface area contributed by atoms with Crippen molar-refractivity contribution >= 4 is 11.1 Å². The predicted octanol–water partition coefficient (Wildman–Crippen LogP) is -0.816. The standard InChI is InChI=1S/C3H5N3O2S/c7-9(8)2-3-1-4-6-5-3/h1H,2H2,(H,7,8)(H,4,5,6)/p-1. The first-order chi connectivity index (χ1) is 4.29. The van der Waals surface area contributed by atoms with E-state index in [1.54, 1.807) is 0 Å². The Bertz CT molecular complexity index is 197. The van der Waals surface area contributed by atoms with Crippen molar-refractivity contribution in [3.8, 4) is 0 Å². The molecule has 1 aromatic heterocycles. The predicted molar refractivity (Wildman–Crippen MR) is 29.0 cm³/mol. The number of aromatic amines is 1. The number of rotatable bonds is 2. The van der Waals surface area contributed by atoms with Crippen molar-refractivity contribution in [3.63, 3.8) is 0 Å². The van der Waals surface area contributed by atoms with Crippen molar-refractivity contribution in [1.29, 1.82) is 0 Å². The van der Waals surface area contributed by atoms with Gasteiger partial charge in [-0.05, 0) is 11.1 Å². The van der Waals surface area contributed by atoms with Crippen molar-refractivity contribution in [2.75, 3.05) is 0 Å². The van der Waals surface area contributed by atoms with Gasteiger partial charge in [-0.25, -0.2) is 0 Å². The molecular formula is C3H4N3O2S-. The largest absolute Gasteiger partial charge is 0.772 e. The van der Waals surface area contributed by atoms with E-state index >= 15 is 0 Å². The molecule has 0 saturated heterocycles. The third-order valence-corrected chi connectivity index (χ3v) is 1.26. The Morgan fingerprint density at radius 1 is 1.89 bits per heavy atom. The first-order valence-electron chi connectivity index (χ1n) is 2.19. The summed E-state index contributed by atoms with van der Waals surface area (Å²) in [6.45, 7) is 0. The molecule has 6 heteroatoms. The summed E-state index contributed by atoms with van der Waals surface area (Å²) in [6, 6.07) is 0. The molecule has 1 rings (SSSR count). The molecule has 0 fully saturated rings. The van der Waals surface area contributed by atoms with Crippen molar-refractivity contribution in [2.24, 2.45) is 0 Å². The Kier molecular flexibility index (Phi) is 1.91. The summed E-state index contributed by atoms with van der Waals surface area (Å²) in [5.41, 5.74) is 0.434. The number of H-pyrrole nitrogens is 1. The van der Waals surface area contributed by atoms with E-state index in [1.807, 2.05) is 0 Å². The summed E-state index contributed by atoms with van der Waals surface area (Å²) < 4.78 is 20.0. The van der Waals surface area contributed by atoms with Crippen molar-refractivity contribution in [3.05, 3.63) is 11.9 Å². The van der Waals surface area contributed by atoms with Crippen LogP contribution in [0, 0.1) is 0 Å². The van der Waals surface area contributed by atoms with Gasteiger partial charge in [-0.1, -0.05) is 0 Å². The van der Waals surface area contributed by atoms with Crippen molar-refractivity contribution < 1.29 is 8.76 Å². The fraction of sp³-hybridized carbons (Fsp3) is 0.333. The SMILES string of the molecule is O=S([O-])Cc1cn[nH]n1. The highest BCUT2D eigenvalue weighted by atomic mass is 32.2. The highest BCUT2D eigenvalue weighted by Crippen LogP contribution is 1.91. The molecule has 0 saturated carbocycles. The van der Waals surface area contributed by atoms with E-state index in [2.05, 4.69) is 15.4 Å². The quantitative estimate of drug-likeness (QED) is 0.553. The van der Waals surface area contributed by atoms with Crippen LogP contribution in [0.2, 0.25) is 0 Å². The molecule has 0 bridgehead atoms. The topological polar surface area (TPSA) is 81.7 Å². The zero-order chi connectivity index (χ0) is 6.69. The first-order valence-corrected chi connectivity index (χ1v) is 3.44. The first kappa shape index (κ1) is 6.37. The van der Waals surface area contributed by atoms with Crippen LogP contribution in [-0.2, 0) is 16.8 Å². The van der Waals surface area contributed by atoms with Gasteiger partial charge in [0, 0.05) is 0 Å². The van der Waals surface area contributed by atoms with E-state index in [4.69, 9.17) is 0 Å². The summed E-state index contributed by atoms with van der Waals surface area (Å²) in [7, 11) is 0. The van der Waals surface area contributed by atoms with Crippen molar-refractivity contribution in [2.45, 2.75) is 5.75 Å². The van der Waals surface area contributed by atoms with Crippen LogP contribution in [0.1, 0.15) is 5.69 Å². The van der Waals surface area contributed by atoms with E-state index in [0.29, 0.717) is 5.69 Å². The molecule has 0 radical (unpaired) electrons. The lowest BCUT2D eigenvalue weighted by Crippen LogP contribution is -1.92. The molecule has 0 aliphatic heterocycles. The fourth-order valence-corrected chi connectivity index (χ4v) is 0.796. The molecule has 9 heavy (non-hydrogen) atoms. The molecule has 0 spiro atoms. The number of aromatic nitrogens is 3. The van der Waals surface area contributed by atoms with E-state index in [1.165, 1.54) is 6.20 Å². The van der Waals surface area contributed by atoms with Gasteiger partial charge in [0.2, 0.25) is 0 Å². The average molecular weight is 146 g/mol. The van der Waals surface area contributed by atoms with Gasteiger partial charge < -0.3 is 4.55 Å². The van der Waals surface area contributed by atoms with Crippen LogP contribution in [0.5, 0.6) is 0 Å². The molecule has 50 valence electrons. The summed E-state index contributed by atoms with van der Waals surface area (Å²) in [6.07, 6.45) is 1.37. The average Bonchev–Trinajstić information content (AvgIpc) is 2.15. The summed E-state index contributed by atoms with van der Waals surface area (Å²) in [5.74, 6) is -0.0729. The molecule has 0 aliphatic carbocycles. The summed E-state index contributed by atoms with van der Waals surface area (Å²) >= 11 is -2.07. The van der Waals surface area contributed by atoms with Gasteiger partial charge in [0.05, 0.1) is 17.6 Å². The maximum absolute atomic E-state index is 9.98. The van der Waals surface area contributed by atoms with Gasteiger partial charge in [0.15, 0.2) is 0 Å². The fourth-order valence-electron chi connectivity index (χ4n) is 0.416. The van der Waals surface area contributed by atoms with Crippen LogP contribution in [0.25, 0.3) is 0 Å². The molecular weight excluding hydrogens is 142 g/mol. The zero-order valence-electron chi connectivity index (χ0n) is 4.40. The van der Waals surface area contributed by atoms with E-state index in [-0.39, 0.29) is 5.75 Å². The van der Waals surface area contributed by atoms with Gasteiger partial charge >= 0.3 is 0 Å². The van der Waals surface area contributed by atoms with E-state index < -0.39 is 11.1 Å². The second-order valence-electron chi connectivity index (χ2n) is 1.41. The Morgan fingerprint density at radius 3 is 3.11 bits per heavy atom. The second kappa shape index (κ2) is 2.70. The van der Waals surface area contributed by atoms with Crippen LogP contribution >= 0.6 is 0 Å². The summed E-state index contributed by atoms with van der Waals surface area (Å²) in [5, 5.41) is 9.25.